The number of aromatic nitrogens is 2. The first-order chi connectivity index (χ1) is 19.0. The maximum atomic E-state index is 10.0. The van der Waals surface area contributed by atoms with Gasteiger partial charge in [-0.2, -0.15) is 0 Å². The van der Waals surface area contributed by atoms with Gasteiger partial charge in [-0.1, -0.05) is 0 Å². The standard InChI is InChI=1S/C29H25GeN2Si.C5H8O2.Ir/c1-18-15-22-21-11-8-14-31-29(21)33-28(22)23(16-18)26-17-24(30(2,3)4)27-20-10-7-6-9-19(20)12-13-25(27)32(26)5;1-4(6)3-5(2)7;/h6-15,17H,5H2,1-4H3;3,6H,1-2H3;/q-1;;/b;4-3-;. The first kappa shape index (κ1) is 30.9. The van der Waals surface area contributed by atoms with Crippen LogP contribution in [-0.4, -0.2) is 38.7 Å². The van der Waals surface area contributed by atoms with Crippen molar-refractivity contribution in [2.24, 2.45) is 0 Å². The number of nitrogens with zero attached hydrogens (tertiary/aromatic N) is 2. The molecule has 3 radical (unpaired) electrons. The Hall–Kier alpha value is -3.03. The first-order valence-corrected chi connectivity index (χ1v) is 21.7. The van der Waals surface area contributed by atoms with E-state index in [4.69, 9.17) is 5.11 Å². The number of aliphatic hydroxyl groups is 1. The quantitative estimate of drug-likeness (QED) is 0.0661. The molecule has 0 amide bonds. The van der Waals surface area contributed by atoms with Crippen molar-refractivity contribution >= 4 is 65.1 Å². The third-order valence-corrected chi connectivity index (χ3v) is 12.7. The van der Waals surface area contributed by atoms with E-state index >= 15 is 0 Å². The number of hydrogen-bond donors (Lipinski definition) is 1. The van der Waals surface area contributed by atoms with Gasteiger partial charge in [0.05, 0.1) is 5.76 Å². The molecule has 1 N–H and O–H groups in total. The fourth-order valence-electron chi connectivity index (χ4n) is 5.37. The number of hydrogen-bond acceptors (Lipinski definition) is 3. The SMILES string of the molecule is CC(=O)/C=C(/C)O.[CH2-][n+]1c(-c2[c-]c(C)cc3c2[Si]c2ncccc2-3)c[c]([Ge]([CH3])([CH3])[CH3])c2c3ccccc3ccc21.[Ir]. The molecule has 1 aliphatic rings. The summed E-state index contributed by atoms with van der Waals surface area (Å²) in [6, 6.07) is 25.9. The van der Waals surface area contributed by atoms with Gasteiger partial charge >= 0.3 is 201 Å². The average Bonchev–Trinajstić information content (AvgIpc) is 3.26. The van der Waals surface area contributed by atoms with E-state index in [1.165, 1.54) is 73.2 Å². The molecular formula is C34H33GeIrN2O2Si-. The number of benzene rings is 3. The van der Waals surface area contributed by atoms with Crippen LogP contribution in [0.15, 0.2) is 78.7 Å². The molecule has 0 spiro atoms. The summed E-state index contributed by atoms with van der Waals surface area (Å²) in [7, 11) is 5.11. The van der Waals surface area contributed by atoms with Crippen LogP contribution in [0.2, 0.25) is 17.3 Å². The topological polar surface area (TPSA) is 54.1 Å². The molecule has 0 fully saturated rings. The fraction of sp³-hybridized carbons (Fsp3) is 0.176. The maximum Gasteiger partial charge on any atom is 0 e. The van der Waals surface area contributed by atoms with Crippen LogP contribution in [0.25, 0.3) is 44.1 Å². The van der Waals surface area contributed by atoms with Crippen molar-refractivity contribution in [3.8, 4) is 22.4 Å². The summed E-state index contributed by atoms with van der Waals surface area (Å²) in [4.78, 5) is 14.7. The Morgan fingerprint density at radius 3 is 2.44 bits per heavy atom. The van der Waals surface area contributed by atoms with E-state index in [2.05, 4.69) is 101 Å². The summed E-state index contributed by atoms with van der Waals surface area (Å²) >= 11 is -2.25. The number of aliphatic hydroxyl groups excluding tert-OH is 1. The molecule has 209 valence electrons. The molecule has 7 heteroatoms. The molecule has 3 heterocycles. The van der Waals surface area contributed by atoms with Gasteiger partial charge in [0.15, 0.2) is 5.78 Å². The second-order valence-electron chi connectivity index (χ2n) is 11.3. The molecule has 0 aliphatic carbocycles. The number of pyridine rings is 2. The number of carbonyl (C=O) groups is 1. The van der Waals surface area contributed by atoms with E-state index in [9.17, 15) is 4.79 Å². The molecule has 0 saturated heterocycles. The maximum absolute atomic E-state index is 10.0. The largest absolute Gasteiger partial charge is 0 e. The van der Waals surface area contributed by atoms with E-state index in [1.807, 2.05) is 12.3 Å². The van der Waals surface area contributed by atoms with E-state index in [-0.39, 0.29) is 31.6 Å². The van der Waals surface area contributed by atoms with Gasteiger partial charge in [0.2, 0.25) is 0 Å². The molecule has 0 bridgehead atoms. The van der Waals surface area contributed by atoms with Crippen molar-refractivity contribution in [1.29, 1.82) is 0 Å². The minimum absolute atomic E-state index is 0. The number of allylic oxidation sites excluding steroid dienone is 2. The van der Waals surface area contributed by atoms with E-state index in [0.29, 0.717) is 9.52 Å². The van der Waals surface area contributed by atoms with E-state index < -0.39 is 13.3 Å². The Morgan fingerprint density at radius 1 is 1.05 bits per heavy atom. The van der Waals surface area contributed by atoms with Gasteiger partial charge in [-0.15, -0.1) is 0 Å². The third-order valence-electron chi connectivity index (χ3n) is 7.06. The van der Waals surface area contributed by atoms with Crippen LogP contribution in [0, 0.1) is 20.0 Å². The Labute approximate surface area is 261 Å². The van der Waals surface area contributed by atoms with Crippen molar-refractivity contribution in [3.05, 3.63) is 97.4 Å². The van der Waals surface area contributed by atoms with Crippen LogP contribution in [0.1, 0.15) is 19.4 Å². The van der Waals surface area contributed by atoms with Crippen LogP contribution in [0.4, 0.5) is 0 Å². The van der Waals surface area contributed by atoms with E-state index in [1.54, 1.807) is 0 Å². The minimum atomic E-state index is -2.25. The molecular weight excluding hydrogens is 761 g/mol. The molecule has 0 saturated carbocycles. The number of rotatable bonds is 3. The van der Waals surface area contributed by atoms with Gasteiger partial charge in [0, 0.05) is 26.2 Å². The zero-order valence-electron chi connectivity index (χ0n) is 24.2. The molecule has 41 heavy (non-hydrogen) atoms. The molecule has 4 nitrogen and oxygen atoms in total. The minimum Gasteiger partial charge on any atom is 0 e. The van der Waals surface area contributed by atoms with Crippen LogP contribution in [-0.2, 0) is 24.9 Å². The Kier molecular flexibility index (Phi) is 9.10. The fourth-order valence-corrected chi connectivity index (χ4v) is 10.1. The zero-order valence-corrected chi connectivity index (χ0v) is 29.7. The second-order valence-corrected chi connectivity index (χ2v) is 23.1. The van der Waals surface area contributed by atoms with Gasteiger partial charge in [-0.25, -0.2) is 0 Å². The monoisotopic (exact) mass is 796 g/mol. The van der Waals surface area contributed by atoms with Crippen LogP contribution in [0.5, 0.6) is 0 Å². The normalized spacial score (nSPS) is 12.3. The predicted molar refractivity (Wildman–Crippen MR) is 170 cm³/mol. The summed E-state index contributed by atoms with van der Waals surface area (Å²) in [5.74, 6) is 7.39. The van der Waals surface area contributed by atoms with Gasteiger partial charge in [0.1, 0.15) is 0 Å². The number of fused-ring (bicyclic) bond motifs is 6. The molecule has 3 aromatic carbocycles. The molecule has 0 unspecified atom stereocenters. The smallest absolute Gasteiger partial charge is 0 e. The Balaban J connectivity index is 0.000000434. The van der Waals surface area contributed by atoms with Crippen LogP contribution in [0.3, 0.4) is 0 Å². The Morgan fingerprint density at radius 2 is 1.78 bits per heavy atom. The molecule has 5 aromatic rings. The van der Waals surface area contributed by atoms with Crippen LogP contribution >= 0.6 is 0 Å². The molecule has 6 rings (SSSR count). The Bertz CT molecular complexity index is 1840. The van der Waals surface area contributed by atoms with Gasteiger partial charge < -0.3 is 5.11 Å². The van der Waals surface area contributed by atoms with Crippen molar-refractivity contribution in [2.75, 3.05) is 0 Å². The van der Waals surface area contributed by atoms with Crippen molar-refractivity contribution < 1.29 is 34.6 Å². The molecule has 2 aromatic heterocycles. The first-order valence-electron chi connectivity index (χ1n) is 13.3. The van der Waals surface area contributed by atoms with Crippen molar-refractivity contribution in [2.45, 2.75) is 38.0 Å². The third kappa shape index (κ3) is 6.12. The second kappa shape index (κ2) is 12.1. The summed E-state index contributed by atoms with van der Waals surface area (Å²) in [5, 5.41) is 14.9. The van der Waals surface area contributed by atoms with Crippen LogP contribution < -0.4 is 19.5 Å². The molecule has 0 atom stereocenters. The molecule has 1 aliphatic heterocycles. The summed E-state index contributed by atoms with van der Waals surface area (Å²) in [5.41, 5.74) is 7.26. The van der Waals surface area contributed by atoms with E-state index in [0.717, 1.165) is 11.3 Å². The number of ketones is 1. The number of carbonyl (C=O) groups excluding carboxylic acids is 1. The van der Waals surface area contributed by atoms with Crippen molar-refractivity contribution in [1.82, 2.24) is 4.98 Å². The zero-order chi connectivity index (χ0) is 28.8. The van der Waals surface area contributed by atoms with Gasteiger partial charge in [-0.3, -0.25) is 4.79 Å². The number of aryl methyl sites for hydroxylation is 1. The van der Waals surface area contributed by atoms with Gasteiger partial charge in [0.25, 0.3) is 0 Å². The van der Waals surface area contributed by atoms with Crippen molar-refractivity contribution in [3.63, 3.8) is 0 Å². The van der Waals surface area contributed by atoms with Gasteiger partial charge in [-0.05, 0) is 13.8 Å². The summed E-state index contributed by atoms with van der Waals surface area (Å²) in [6.07, 6.45) is 3.07. The average molecular weight is 795 g/mol. The summed E-state index contributed by atoms with van der Waals surface area (Å²) in [6.45, 7) is 4.99. The predicted octanol–water partition coefficient (Wildman–Crippen LogP) is 5.31. The summed E-state index contributed by atoms with van der Waals surface area (Å²) < 4.78 is 3.67.